The van der Waals surface area contributed by atoms with Crippen molar-refractivity contribution in [3.8, 4) is 22.5 Å². The number of H-pyrrole nitrogens is 1. The first kappa shape index (κ1) is 39.1. The highest BCUT2D eigenvalue weighted by atomic mass is 32.2. The maximum atomic E-state index is 13.8. The summed E-state index contributed by atoms with van der Waals surface area (Å²) in [4.78, 5) is 39.8. The van der Waals surface area contributed by atoms with E-state index < -0.39 is 27.8 Å². The van der Waals surface area contributed by atoms with Gasteiger partial charge in [-0.2, -0.15) is 5.21 Å². The SMILES string of the molecule is Cc1ccc(S(=O)(=O)N(C)C)cc1-c1ccc(C[C@H](NC(=O)C2CCC(CNC(=O)OC(C)(C)C)CC2)C(=O)Nc2ccc(-c3nn[nH]n3)cc2)cc1. The lowest BCUT2D eigenvalue weighted by atomic mass is 9.81. The van der Waals surface area contributed by atoms with Gasteiger partial charge in [0.15, 0.2) is 0 Å². The molecule has 0 radical (unpaired) electrons. The number of aryl methyl sites for hydroxylation is 1. The lowest BCUT2D eigenvalue weighted by molar-refractivity contribution is -0.130. The molecule has 282 valence electrons. The maximum Gasteiger partial charge on any atom is 0.407 e. The van der Waals surface area contributed by atoms with Crippen molar-refractivity contribution in [3.63, 3.8) is 0 Å². The number of sulfonamides is 1. The van der Waals surface area contributed by atoms with Crippen molar-refractivity contribution < 1.29 is 27.5 Å². The highest BCUT2D eigenvalue weighted by Crippen LogP contribution is 2.30. The molecule has 1 saturated carbocycles. The molecule has 14 nitrogen and oxygen atoms in total. The van der Waals surface area contributed by atoms with Crippen LogP contribution in [0.1, 0.15) is 57.6 Å². The standard InChI is InChI=1S/C38H48N8O6S/c1-24-7-20-31(53(50,51)46(5)6)22-32(24)27-12-8-25(9-13-27)21-33(36(48)40-30-18-16-28(17-19-30)34-42-44-45-43-34)41-35(47)29-14-10-26(11-15-29)23-39-37(49)52-38(2,3)4/h7-9,12-13,16-20,22,26,29,33H,10-11,14-15,21,23H2,1-6H3,(H,39,49)(H,40,48)(H,41,47)(H,42,43,44,45)/t26?,29?,33-/m0/s1. The second kappa shape index (κ2) is 16.7. The molecule has 4 aromatic rings. The van der Waals surface area contributed by atoms with Gasteiger partial charge in [-0.25, -0.2) is 17.5 Å². The quantitative estimate of drug-likeness (QED) is 0.153. The minimum atomic E-state index is -3.62. The molecule has 3 amide bonds. The minimum Gasteiger partial charge on any atom is -0.444 e. The molecule has 53 heavy (non-hydrogen) atoms. The van der Waals surface area contributed by atoms with Crippen LogP contribution in [-0.4, -0.2) is 83.5 Å². The zero-order chi connectivity index (χ0) is 38.3. The molecule has 3 aromatic carbocycles. The van der Waals surface area contributed by atoms with E-state index in [4.69, 9.17) is 4.74 Å². The van der Waals surface area contributed by atoms with Crippen LogP contribution in [0.15, 0.2) is 71.6 Å². The van der Waals surface area contributed by atoms with Gasteiger partial charge in [0.25, 0.3) is 0 Å². The molecule has 15 heteroatoms. The minimum absolute atomic E-state index is 0.192. The summed E-state index contributed by atoms with van der Waals surface area (Å²) < 4.78 is 32.1. The summed E-state index contributed by atoms with van der Waals surface area (Å²) in [6.07, 6.45) is 2.56. The lowest BCUT2D eigenvalue weighted by Gasteiger charge is -2.29. The highest BCUT2D eigenvalue weighted by Gasteiger charge is 2.30. The molecular weight excluding hydrogens is 697 g/mol. The molecule has 0 unspecified atom stereocenters. The van der Waals surface area contributed by atoms with Gasteiger partial charge < -0.3 is 20.7 Å². The van der Waals surface area contributed by atoms with Gasteiger partial charge in [-0.1, -0.05) is 30.3 Å². The molecule has 1 fully saturated rings. The fraction of sp³-hybridized carbons (Fsp3) is 0.421. The van der Waals surface area contributed by atoms with Crippen LogP contribution < -0.4 is 16.0 Å². The summed E-state index contributed by atoms with van der Waals surface area (Å²) in [5.74, 6) is -0.182. The molecular formula is C38H48N8O6S. The summed E-state index contributed by atoms with van der Waals surface area (Å²) in [5.41, 5.74) is 4.02. The van der Waals surface area contributed by atoms with Gasteiger partial charge in [0.2, 0.25) is 27.7 Å². The van der Waals surface area contributed by atoms with Crippen LogP contribution in [0.25, 0.3) is 22.5 Å². The van der Waals surface area contributed by atoms with Gasteiger partial charge in [0, 0.05) is 44.2 Å². The number of alkyl carbamates (subject to hydrolysis) is 1. The number of rotatable bonds is 12. The third kappa shape index (κ3) is 10.5. The number of aromatic nitrogens is 4. The Labute approximate surface area is 310 Å². The average molecular weight is 745 g/mol. The zero-order valence-corrected chi connectivity index (χ0v) is 31.8. The third-order valence-electron chi connectivity index (χ3n) is 9.23. The number of aromatic amines is 1. The smallest absolute Gasteiger partial charge is 0.407 e. The molecule has 0 saturated heterocycles. The number of tetrazole rings is 1. The number of carbonyl (C=O) groups excluding carboxylic acids is 3. The van der Waals surface area contributed by atoms with Gasteiger partial charge in [-0.05, 0) is 123 Å². The molecule has 1 aliphatic carbocycles. The van der Waals surface area contributed by atoms with Crippen LogP contribution in [0.3, 0.4) is 0 Å². The highest BCUT2D eigenvalue weighted by molar-refractivity contribution is 7.89. The fourth-order valence-corrected chi connectivity index (χ4v) is 7.15. The van der Waals surface area contributed by atoms with E-state index in [2.05, 4.69) is 36.6 Å². The van der Waals surface area contributed by atoms with Gasteiger partial charge >= 0.3 is 6.09 Å². The number of benzene rings is 3. The number of amides is 3. The van der Waals surface area contributed by atoms with E-state index in [0.717, 1.165) is 40.7 Å². The first-order chi connectivity index (χ1) is 25.1. The van der Waals surface area contributed by atoms with Crippen molar-refractivity contribution in [2.45, 2.75) is 76.3 Å². The Morgan fingerprint density at radius 3 is 2.21 bits per heavy atom. The summed E-state index contributed by atoms with van der Waals surface area (Å²) >= 11 is 0. The summed E-state index contributed by atoms with van der Waals surface area (Å²) in [6, 6.07) is 18.7. The Morgan fingerprint density at radius 2 is 1.60 bits per heavy atom. The number of nitrogens with one attached hydrogen (secondary N) is 4. The van der Waals surface area contributed by atoms with E-state index in [0.29, 0.717) is 30.9 Å². The predicted octanol–water partition coefficient (Wildman–Crippen LogP) is 5.09. The molecule has 1 aliphatic rings. The molecule has 4 N–H and O–H groups in total. The van der Waals surface area contributed by atoms with Crippen LogP contribution in [0.4, 0.5) is 10.5 Å². The maximum absolute atomic E-state index is 13.8. The number of carbonyl (C=O) groups is 3. The van der Waals surface area contributed by atoms with Crippen molar-refractivity contribution in [2.75, 3.05) is 26.0 Å². The molecule has 0 aliphatic heterocycles. The Hall–Kier alpha value is -5.15. The average Bonchev–Trinajstić information content (AvgIpc) is 3.66. The van der Waals surface area contributed by atoms with Gasteiger partial charge in [0.05, 0.1) is 4.90 Å². The first-order valence-corrected chi connectivity index (χ1v) is 19.1. The van der Waals surface area contributed by atoms with Crippen LogP contribution >= 0.6 is 0 Å². The first-order valence-electron chi connectivity index (χ1n) is 17.6. The van der Waals surface area contributed by atoms with E-state index in [1.165, 1.54) is 18.4 Å². The van der Waals surface area contributed by atoms with Crippen LogP contribution in [-0.2, 0) is 30.8 Å². The Kier molecular flexibility index (Phi) is 12.3. The monoisotopic (exact) mass is 744 g/mol. The molecule has 0 spiro atoms. The predicted molar refractivity (Wildman–Crippen MR) is 201 cm³/mol. The molecule has 1 atom stereocenters. The summed E-state index contributed by atoms with van der Waals surface area (Å²) in [6.45, 7) is 7.85. The lowest BCUT2D eigenvalue weighted by Crippen LogP contribution is -2.48. The Morgan fingerprint density at radius 1 is 0.943 bits per heavy atom. The van der Waals surface area contributed by atoms with Crippen molar-refractivity contribution in [1.82, 2.24) is 35.6 Å². The van der Waals surface area contributed by atoms with Gasteiger partial charge in [-0.3, -0.25) is 9.59 Å². The second-order valence-electron chi connectivity index (χ2n) is 14.6. The van der Waals surface area contributed by atoms with Crippen molar-refractivity contribution >= 4 is 33.6 Å². The Balaban J connectivity index is 1.28. The largest absolute Gasteiger partial charge is 0.444 e. The van der Waals surface area contributed by atoms with Crippen LogP contribution in [0.2, 0.25) is 0 Å². The second-order valence-corrected chi connectivity index (χ2v) is 16.8. The fourth-order valence-electron chi connectivity index (χ4n) is 6.23. The van der Waals surface area contributed by atoms with E-state index in [9.17, 15) is 22.8 Å². The summed E-state index contributed by atoms with van der Waals surface area (Å²) in [5, 5.41) is 22.8. The number of hydrogen-bond acceptors (Lipinski definition) is 9. The van der Waals surface area contributed by atoms with Gasteiger partial charge in [0.1, 0.15) is 11.6 Å². The van der Waals surface area contributed by atoms with E-state index in [-0.39, 0.29) is 35.0 Å². The zero-order valence-electron chi connectivity index (χ0n) is 31.0. The van der Waals surface area contributed by atoms with Crippen LogP contribution in [0.5, 0.6) is 0 Å². The number of nitrogens with zero attached hydrogens (tertiary/aromatic N) is 4. The number of ether oxygens (including phenoxy) is 1. The van der Waals surface area contributed by atoms with Crippen LogP contribution in [0, 0.1) is 18.8 Å². The molecule has 1 heterocycles. The van der Waals surface area contributed by atoms with Crippen molar-refractivity contribution in [1.29, 1.82) is 0 Å². The molecule has 5 rings (SSSR count). The van der Waals surface area contributed by atoms with E-state index >= 15 is 0 Å². The molecule has 0 bridgehead atoms. The third-order valence-corrected chi connectivity index (χ3v) is 11.0. The topological polar surface area (TPSA) is 188 Å². The normalized spacial score (nSPS) is 16.8. The van der Waals surface area contributed by atoms with E-state index in [1.807, 2.05) is 52.0 Å². The van der Waals surface area contributed by atoms with Crippen molar-refractivity contribution in [3.05, 3.63) is 77.9 Å². The summed E-state index contributed by atoms with van der Waals surface area (Å²) in [7, 11) is -0.622. The van der Waals surface area contributed by atoms with Gasteiger partial charge in [-0.15, -0.1) is 10.2 Å². The van der Waals surface area contributed by atoms with E-state index in [1.54, 1.807) is 42.5 Å². The molecule has 1 aromatic heterocycles. The Bertz CT molecular complexity index is 1990. The number of hydrogen-bond donors (Lipinski definition) is 4. The number of anilines is 1. The van der Waals surface area contributed by atoms with Crippen molar-refractivity contribution in [2.24, 2.45) is 11.8 Å².